The maximum Gasteiger partial charge on any atom is 0.263 e. The monoisotopic (exact) mass is 276 g/mol. The van der Waals surface area contributed by atoms with E-state index in [4.69, 9.17) is 0 Å². The number of aryl methyl sites for hydroxylation is 1. The quantitative estimate of drug-likeness (QED) is 0.858. The Balaban J connectivity index is 2.40. The van der Waals surface area contributed by atoms with Crippen molar-refractivity contribution in [2.24, 2.45) is 0 Å². The Hall–Kier alpha value is -0.420. The van der Waals surface area contributed by atoms with Crippen LogP contribution in [0.1, 0.15) is 28.7 Å². The first-order chi connectivity index (χ1) is 6.61. The van der Waals surface area contributed by atoms with E-state index in [-0.39, 0.29) is 5.91 Å². The van der Waals surface area contributed by atoms with Crippen LogP contribution in [0.25, 0.3) is 0 Å². The molecule has 0 saturated heterocycles. The number of thiazole rings is 1. The Kier molecular flexibility index (Phi) is 4.54. The van der Waals surface area contributed by atoms with Crippen LogP contribution in [0.3, 0.4) is 0 Å². The average Bonchev–Trinajstić information content (AvgIpc) is 2.50. The van der Waals surface area contributed by atoms with Gasteiger partial charge < -0.3 is 5.32 Å². The number of aromatic nitrogens is 1. The van der Waals surface area contributed by atoms with Crippen LogP contribution in [-0.2, 0) is 0 Å². The molecule has 0 radical (unpaired) electrons. The fourth-order valence-electron chi connectivity index (χ4n) is 0.985. The number of hydrogen-bond acceptors (Lipinski definition) is 3. The summed E-state index contributed by atoms with van der Waals surface area (Å²) in [5.74, 6) is -0.0156. The van der Waals surface area contributed by atoms with E-state index < -0.39 is 0 Å². The van der Waals surface area contributed by atoms with Gasteiger partial charge in [0.15, 0.2) is 0 Å². The fourth-order valence-corrected chi connectivity index (χ4v) is 1.93. The predicted molar refractivity (Wildman–Crippen MR) is 62.2 cm³/mol. The smallest absolute Gasteiger partial charge is 0.263 e. The molecule has 1 N–H and O–H groups in total. The van der Waals surface area contributed by atoms with Crippen LogP contribution in [0.15, 0.2) is 5.51 Å². The third-order valence-corrected chi connectivity index (χ3v) is 3.16. The van der Waals surface area contributed by atoms with Gasteiger partial charge in [-0.1, -0.05) is 22.9 Å². The Labute approximate surface area is 96.1 Å². The van der Waals surface area contributed by atoms with Gasteiger partial charge in [-0.05, 0) is 13.3 Å². The standard InChI is InChI=1S/C9H13BrN2OS/c1-6(10)3-4-11-9(13)8-7(2)12-5-14-8/h5-6H,3-4H2,1-2H3,(H,11,13). The molecule has 1 atom stereocenters. The summed E-state index contributed by atoms with van der Waals surface area (Å²) >= 11 is 4.81. The molecule has 0 bridgehead atoms. The zero-order valence-electron chi connectivity index (χ0n) is 8.21. The first-order valence-electron chi connectivity index (χ1n) is 4.43. The molecule has 1 rings (SSSR count). The third-order valence-electron chi connectivity index (χ3n) is 1.78. The highest BCUT2D eigenvalue weighted by Crippen LogP contribution is 2.11. The number of carbonyl (C=O) groups excluding carboxylic acids is 1. The summed E-state index contributed by atoms with van der Waals surface area (Å²) < 4.78 is 0. The number of nitrogens with zero attached hydrogens (tertiary/aromatic N) is 1. The van der Waals surface area contributed by atoms with Gasteiger partial charge in [-0.25, -0.2) is 4.98 Å². The normalized spacial score (nSPS) is 12.5. The first-order valence-corrected chi connectivity index (χ1v) is 6.23. The molecule has 1 unspecified atom stereocenters. The molecule has 14 heavy (non-hydrogen) atoms. The number of carbonyl (C=O) groups is 1. The SMILES string of the molecule is Cc1ncsc1C(=O)NCCC(C)Br. The van der Waals surface area contributed by atoms with Crippen molar-refractivity contribution in [2.45, 2.75) is 25.1 Å². The molecule has 0 aliphatic heterocycles. The summed E-state index contributed by atoms with van der Waals surface area (Å²) in [6.45, 7) is 4.60. The minimum atomic E-state index is -0.0156. The van der Waals surface area contributed by atoms with Crippen molar-refractivity contribution in [2.75, 3.05) is 6.54 Å². The molecule has 0 aromatic carbocycles. The van der Waals surface area contributed by atoms with Crippen LogP contribution < -0.4 is 5.32 Å². The second kappa shape index (κ2) is 5.46. The van der Waals surface area contributed by atoms with Crippen molar-refractivity contribution in [3.63, 3.8) is 0 Å². The van der Waals surface area contributed by atoms with Gasteiger partial charge in [0.2, 0.25) is 0 Å². The molecule has 1 heterocycles. The predicted octanol–water partition coefficient (Wildman–Crippen LogP) is 2.35. The molecule has 1 amide bonds. The van der Waals surface area contributed by atoms with E-state index in [2.05, 4.69) is 33.2 Å². The highest BCUT2D eigenvalue weighted by Gasteiger charge is 2.10. The largest absolute Gasteiger partial charge is 0.351 e. The molecule has 0 aliphatic rings. The van der Waals surface area contributed by atoms with E-state index in [1.807, 2.05) is 6.92 Å². The van der Waals surface area contributed by atoms with Gasteiger partial charge in [0.25, 0.3) is 5.91 Å². The first kappa shape index (κ1) is 11.7. The molecule has 5 heteroatoms. The molecule has 78 valence electrons. The van der Waals surface area contributed by atoms with Crippen LogP contribution in [0.4, 0.5) is 0 Å². The van der Waals surface area contributed by atoms with Gasteiger partial charge in [0.1, 0.15) is 4.88 Å². The van der Waals surface area contributed by atoms with Gasteiger partial charge in [-0.2, -0.15) is 0 Å². The Morgan fingerprint density at radius 3 is 3.00 bits per heavy atom. The van der Waals surface area contributed by atoms with E-state index in [1.165, 1.54) is 11.3 Å². The summed E-state index contributed by atoms with van der Waals surface area (Å²) in [4.78, 5) is 16.7. The van der Waals surface area contributed by atoms with Crippen molar-refractivity contribution in [3.8, 4) is 0 Å². The minimum absolute atomic E-state index is 0.0156. The highest BCUT2D eigenvalue weighted by molar-refractivity contribution is 9.09. The maximum atomic E-state index is 11.6. The molecule has 0 aliphatic carbocycles. The summed E-state index contributed by atoms with van der Waals surface area (Å²) in [7, 11) is 0. The number of alkyl halides is 1. The van der Waals surface area contributed by atoms with Crippen molar-refractivity contribution < 1.29 is 4.79 Å². The molecule has 1 aromatic rings. The fraction of sp³-hybridized carbons (Fsp3) is 0.556. The summed E-state index contributed by atoms with van der Waals surface area (Å²) in [5.41, 5.74) is 2.50. The number of amides is 1. The van der Waals surface area contributed by atoms with E-state index in [0.29, 0.717) is 16.2 Å². The minimum Gasteiger partial charge on any atom is -0.351 e. The molecule has 0 saturated carbocycles. The summed E-state index contributed by atoms with van der Waals surface area (Å²) in [5, 5.41) is 2.86. The lowest BCUT2D eigenvalue weighted by molar-refractivity contribution is 0.0956. The molecule has 3 nitrogen and oxygen atoms in total. The number of nitrogens with one attached hydrogen (secondary N) is 1. The van der Waals surface area contributed by atoms with E-state index in [9.17, 15) is 4.79 Å². The average molecular weight is 277 g/mol. The zero-order chi connectivity index (χ0) is 10.6. The lowest BCUT2D eigenvalue weighted by atomic mass is 10.3. The molecule has 1 aromatic heterocycles. The summed E-state index contributed by atoms with van der Waals surface area (Å²) in [6, 6.07) is 0. The molecular formula is C9H13BrN2OS. The van der Waals surface area contributed by atoms with Gasteiger partial charge in [-0.3, -0.25) is 4.79 Å². The van der Waals surface area contributed by atoms with Gasteiger partial charge in [0, 0.05) is 11.4 Å². The number of hydrogen-bond donors (Lipinski definition) is 1. The number of halogens is 1. The summed E-state index contributed by atoms with van der Waals surface area (Å²) in [6.07, 6.45) is 0.934. The second-order valence-corrected chi connectivity index (χ2v) is 5.51. The Bertz CT molecular complexity index is 312. The third kappa shape index (κ3) is 3.38. The Morgan fingerprint density at radius 1 is 1.79 bits per heavy atom. The van der Waals surface area contributed by atoms with Gasteiger partial charge in [0.05, 0.1) is 11.2 Å². The van der Waals surface area contributed by atoms with Crippen LogP contribution in [-0.4, -0.2) is 22.3 Å². The van der Waals surface area contributed by atoms with Crippen molar-refractivity contribution in [1.29, 1.82) is 0 Å². The van der Waals surface area contributed by atoms with E-state index in [0.717, 1.165) is 12.1 Å². The van der Waals surface area contributed by atoms with Crippen LogP contribution in [0, 0.1) is 6.92 Å². The van der Waals surface area contributed by atoms with E-state index in [1.54, 1.807) is 5.51 Å². The highest BCUT2D eigenvalue weighted by atomic mass is 79.9. The zero-order valence-corrected chi connectivity index (χ0v) is 10.6. The Morgan fingerprint density at radius 2 is 2.50 bits per heavy atom. The lowest BCUT2D eigenvalue weighted by Crippen LogP contribution is -2.25. The second-order valence-electron chi connectivity index (χ2n) is 3.09. The topological polar surface area (TPSA) is 42.0 Å². The van der Waals surface area contributed by atoms with Gasteiger partial charge >= 0.3 is 0 Å². The molecule has 0 spiro atoms. The van der Waals surface area contributed by atoms with Crippen LogP contribution in [0.2, 0.25) is 0 Å². The van der Waals surface area contributed by atoms with Crippen molar-refractivity contribution in [3.05, 3.63) is 16.1 Å². The molecular weight excluding hydrogens is 264 g/mol. The van der Waals surface area contributed by atoms with Crippen LogP contribution >= 0.6 is 27.3 Å². The van der Waals surface area contributed by atoms with E-state index >= 15 is 0 Å². The van der Waals surface area contributed by atoms with Crippen LogP contribution in [0.5, 0.6) is 0 Å². The number of rotatable bonds is 4. The van der Waals surface area contributed by atoms with Gasteiger partial charge in [-0.15, -0.1) is 11.3 Å². The van der Waals surface area contributed by atoms with Crippen molar-refractivity contribution >= 4 is 33.2 Å². The molecule has 0 fully saturated rings. The maximum absolute atomic E-state index is 11.6. The lowest BCUT2D eigenvalue weighted by Gasteiger charge is -2.04. The van der Waals surface area contributed by atoms with Crippen molar-refractivity contribution in [1.82, 2.24) is 10.3 Å².